The van der Waals surface area contributed by atoms with Crippen molar-refractivity contribution in [3.05, 3.63) is 50.4 Å². The van der Waals surface area contributed by atoms with Crippen LogP contribution in [-0.2, 0) is 6.42 Å². The maximum Gasteiger partial charge on any atom is 0.0957 e. The van der Waals surface area contributed by atoms with Gasteiger partial charge in [-0.3, -0.25) is 0 Å². The molecule has 0 bridgehead atoms. The Balaban J connectivity index is 2.17. The fourth-order valence-electron chi connectivity index (χ4n) is 1.78. The zero-order valence-electron chi connectivity index (χ0n) is 9.77. The van der Waals surface area contributed by atoms with Crippen molar-refractivity contribution in [3.8, 4) is 0 Å². The molecule has 0 spiro atoms. The lowest BCUT2D eigenvalue weighted by molar-refractivity contribution is 0.177. The maximum absolute atomic E-state index is 10.2. The van der Waals surface area contributed by atoms with E-state index in [0.29, 0.717) is 11.4 Å². The first-order valence-corrected chi connectivity index (χ1v) is 6.67. The number of benzene rings is 1. The Hall–Kier alpha value is -0.900. The zero-order valence-corrected chi connectivity index (χ0v) is 11.3. The number of aliphatic hydroxyl groups excluding tert-OH is 1. The average molecular weight is 268 g/mol. The van der Waals surface area contributed by atoms with Crippen LogP contribution in [0.2, 0.25) is 5.02 Å². The Kier molecular flexibility index (Phi) is 3.82. The molecule has 1 N–H and O–H groups in total. The van der Waals surface area contributed by atoms with Crippen molar-refractivity contribution in [2.24, 2.45) is 0 Å². The van der Waals surface area contributed by atoms with Gasteiger partial charge in [0.25, 0.3) is 0 Å². The quantitative estimate of drug-likeness (QED) is 0.920. The number of aromatic nitrogens is 1. The summed E-state index contributed by atoms with van der Waals surface area (Å²) < 4.78 is 0. The van der Waals surface area contributed by atoms with Gasteiger partial charge in [0.2, 0.25) is 0 Å². The van der Waals surface area contributed by atoms with E-state index in [1.807, 2.05) is 31.4 Å². The Morgan fingerprint density at radius 2 is 2.18 bits per heavy atom. The number of aryl methyl sites for hydroxylation is 2. The van der Waals surface area contributed by atoms with Crippen LogP contribution in [0.1, 0.15) is 27.9 Å². The van der Waals surface area contributed by atoms with Gasteiger partial charge in [0.05, 0.1) is 11.1 Å². The topological polar surface area (TPSA) is 33.1 Å². The molecule has 0 aliphatic heterocycles. The van der Waals surface area contributed by atoms with Crippen LogP contribution in [0, 0.1) is 13.8 Å². The number of aliphatic hydroxyl groups is 1. The second-order valence-electron chi connectivity index (χ2n) is 4.10. The second-order valence-corrected chi connectivity index (χ2v) is 5.48. The molecule has 1 atom stereocenters. The first kappa shape index (κ1) is 12.6. The first-order chi connectivity index (χ1) is 8.06. The van der Waals surface area contributed by atoms with E-state index in [1.165, 1.54) is 0 Å². The number of hydrogen-bond donors (Lipinski definition) is 1. The molecule has 0 saturated carbocycles. The van der Waals surface area contributed by atoms with E-state index in [9.17, 15) is 5.11 Å². The van der Waals surface area contributed by atoms with Crippen molar-refractivity contribution in [1.82, 2.24) is 4.98 Å². The maximum atomic E-state index is 10.2. The Bertz CT molecular complexity index is 524. The molecule has 0 saturated heterocycles. The van der Waals surface area contributed by atoms with Crippen molar-refractivity contribution >= 4 is 22.9 Å². The highest BCUT2D eigenvalue weighted by Gasteiger charge is 2.13. The summed E-state index contributed by atoms with van der Waals surface area (Å²) in [6, 6.07) is 5.55. The molecule has 1 heterocycles. The normalized spacial score (nSPS) is 12.7. The van der Waals surface area contributed by atoms with Crippen molar-refractivity contribution < 1.29 is 5.11 Å². The number of thiazole rings is 1. The molecular formula is C13H14ClNOS. The predicted molar refractivity (Wildman–Crippen MR) is 71.7 cm³/mol. The van der Waals surface area contributed by atoms with Gasteiger partial charge in [-0.2, -0.15) is 0 Å². The lowest BCUT2D eigenvalue weighted by Crippen LogP contribution is -2.03. The summed E-state index contributed by atoms with van der Waals surface area (Å²) in [6.07, 6.45) is 0.0406. The summed E-state index contributed by atoms with van der Waals surface area (Å²) in [5.41, 5.74) is 2.94. The number of rotatable bonds is 3. The van der Waals surface area contributed by atoms with Crippen LogP contribution in [-0.4, -0.2) is 10.1 Å². The van der Waals surface area contributed by atoms with E-state index < -0.39 is 6.10 Å². The SMILES string of the molecule is Cc1csc(CC(O)c2ccc(Cl)cc2C)n1. The van der Waals surface area contributed by atoms with Crippen LogP contribution in [0.4, 0.5) is 0 Å². The highest BCUT2D eigenvalue weighted by Crippen LogP contribution is 2.25. The number of hydrogen-bond acceptors (Lipinski definition) is 3. The predicted octanol–water partition coefficient (Wildman–Crippen LogP) is 3.69. The Morgan fingerprint density at radius 1 is 1.41 bits per heavy atom. The van der Waals surface area contributed by atoms with Gasteiger partial charge in [0, 0.05) is 22.5 Å². The van der Waals surface area contributed by atoms with Gasteiger partial charge in [0.15, 0.2) is 0 Å². The van der Waals surface area contributed by atoms with Crippen LogP contribution < -0.4 is 0 Å². The van der Waals surface area contributed by atoms with Gasteiger partial charge < -0.3 is 5.11 Å². The minimum absolute atomic E-state index is 0.516. The van der Waals surface area contributed by atoms with Crippen molar-refractivity contribution in [3.63, 3.8) is 0 Å². The second kappa shape index (κ2) is 5.17. The molecule has 90 valence electrons. The van der Waals surface area contributed by atoms with Gasteiger partial charge >= 0.3 is 0 Å². The van der Waals surface area contributed by atoms with E-state index in [-0.39, 0.29) is 0 Å². The molecule has 1 aromatic heterocycles. The van der Waals surface area contributed by atoms with Crippen LogP contribution >= 0.6 is 22.9 Å². The van der Waals surface area contributed by atoms with E-state index in [4.69, 9.17) is 11.6 Å². The average Bonchev–Trinajstić information content (AvgIpc) is 2.63. The van der Waals surface area contributed by atoms with Crippen LogP contribution in [0.15, 0.2) is 23.6 Å². The summed E-state index contributed by atoms with van der Waals surface area (Å²) in [4.78, 5) is 4.36. The summed E-state index contributed by atoms with van der Waals surface area (Å²) in [6.45, 7) is 3.91. The lowest BCUT2D eigenvalue weighted by Gasteiger charge is -2.12. The third-order valence-electron chi connectivity index (χ3n) is 2.63. The number of nitrogens with zero attached hydrogens (tertiary/aromatic N) is 1. The first-order valence-electron chi connectivity index (χ1n) is 5.41. The highest BCUT2D eigenvalue weighted by atomic mass is 35.5. The molecule has 2 nitrogen and oxygen atoms in total. The molecular weight excluding hydrogens is 254 g/mol. The monoisotopic (exact) mass is 267 g/mol. The smallest absolute Gasteiger partial charge is 0.0957 e. The van der Waals surface area contributed by atoms with Crippen molar-refractivity contribution in [2.45, 2.75) is 26.4 Å². The standard InChI is InChI=1S/C13H14ClNOS/c1-8-5-10(14)3-4-11(8)12(16)6-13-15-9(2)7-17-13/h3-5,7,12,16H,6H2,1-2H3. The van der Waals surface area contributed by atoms with Gasteiger partial charge in [-0.1, -0.05) is 17.7 Å². The van der Waals surface area contributed by atoms with Crippen molar-refractivity contribution in [2.75, 3.05) is 0 Å². The minimum atomic E-state index is -0.516. The molecule has 0 aliphatic carbocycles. The third-order valence-corrected chi connectivity index (χ3v) is 3.85. The molecule has 2 aromatic rings. The van der Waals surface area contributed by atoms with E-state index in [1.54, 1.807) is 17.4 Å². The largest absolute Gasteiger partial charge is 0.388 e. The lowest BCUT2D eigenvalue weighted by atomic mass is 10.0. The number of halogens is 1. The Labute approximate surface area is 110 Å². The van der Waals surface area contributed by atoms with Gasteiger partial charge in [-0.25, -0.2) is 4.98 Å². The van der Waals surface area contributed by atoms with Gasteiger partial charge in [-0.05, 0) is 37.1 Å². The molecule has 0 fully saturated rings. The minimum Gasteiger partial charge on any atom is -0.388 e. The van der Waals surface area contributed by atoms with Crippen molar-refractivity contribution in [1.29, 1.82) is 0 Å². The molecule has 4 heteroatoms. The molecule has 17 heavy (non-hydrogen) atoms. The molecule has 1 unspecified atom stereocenters. The van der Waals surface area contributed by atoms with E-state index in [0.717, 1.165) is 21.8 Å². The van der Waals surface area contributed by atoms with Gasteiger partial charge in [0.1, 0.15) is 0 Å². The van der Waals surface area contributed by atoms with Crippen LogP contribution in [0.3, 0.4) is 0 Å². The van der Waals surface area contributed by atoms with Crippen LogP contribution in [0.5, 0.6) is 0 Å². The summed E-state index contributed by atoms with van der Waals surface area (Å²) in [5.74, 6) is 0. The molecule has 1 aromatic carbocycles. The van der Waals surface area contributed by atoms with Crippen LogP contribution in [0.25, 0.3) is 0 Å². The summed E-state index contributed by atoms with van der Waals surface area (Å²) in [7, 11) is 0. The molecule has 0 amide bonds. The van der Waals surface area contributed by atoms with Gasteiger partial charge in [-0.15, -0.1) is 11.3 Å². The summed E-state index contributed by atoms with van der Waals surface area (Å²) >= 11 is 7.48. The van der Waals surface area contributed by atoms with E-state index >= 15 is 0 Å². The fourth-order valence-corrected chi connectivity index (χ4v) is 2.82. The molecule has 2 rings (SSSR count). The zero-order chi connectivity index (χ0) is 12.4. The summed E-state index contributed by atoms with van der Waals surface area (Å²) in [5, 5.41) is 13.8. The van der Waals surface area contributed by atoms with E-state index in [2.05, 4.69) is 4.98 Å². The fraction of sp³-hybridized carbons (Fsp3) is 0.308. The molecule has 0 radical (unpaired) electrons. The Morgan fingerprint density at radius 3 is 2.76 bits per heavy atom. The highest BCUT2D eigenvalue weighted by molar-refractivity contribution is 7.09. The third kappa shape index (κ3) is 3.06. The molecule has 0 aliphatic rings.